The van der Waals surface area contributed by atoms with E-state index in [4.69, 9.17) is 0 Å². The Kier molecular flexibility index (Phi) is 3.73. The van der Waals surface area contributed by atoms with Crippen LogP contribution in [0.25, 0.3) is 0 Å². The summed E-state index contributed by atoms with van der Waals surface area (Å²) in [5.74, 6) is 0.659. The first-order chi connectivity index (χ1) is 11.3. The van der Waals surface area contributed by atoms with E-state index in [-0.39, 0.29) is 11.4 Å². The van der Waals surface area contributed by atoms with Gasteiger partial charge < -0.3 is 10.2 Å². The first-order valence-electron chi connectivity index (χ1n) is 8.33. The van der Waals surface area contributed by atoms with Gasteiger partial charge in [-0.25, -0.2) is 14.4 Å². The van der Waals surface area contributed by atoms with Crippen LogP contribution in [-0.4, -0.2) is 23.1 Å². The number of hydrogen-bond donors (Lipinski definition) is 1. The molecular weight excluding hydrogens is 291 g/mol. The van der Waals surface area contributed by atoms with Gasteiger partial charge in [0.15, 0.2) is 0 Å². The van der Waals surface area contributed by atoms with E-state index in [1.54, 1.807) is 12.1 Å². The molecule has 1 saturated carbocycles. The van der Waals surface area contributed by atoms with Crippen LogP contribution in [0.4, 0.5) is 10.3 Å². The van der Waals surface area contributed by atoms with Crippen LogP contribution in [0.3, 0.4) is 0 Å². The van der Waals surface area contributed by atoms with Crippen LogP contribution >= 0.6 is 0 Å². The number of nitrogens with one attached hydrogen (secondary N) is 1. The number of halogens is 1. The van der Waals surface area contributed by atoms with Crippen LogP contribution in [0.5, 0.6) is 0 Å². The third-order valence-electron chi connectivity index (χ3n) is 4.82. The molecule has 0 amide bonds. The molecule has 1 aromatic carbocycles. The molecule has 1 N–H and O–H groups in total. The molecule has 0 unspecified atom stereocenters. The van der Waals surface area contributed by atoms with Crippen LogP contribution in [0, 0.1) is 5.82 Å². The standard InChI is InChI=1S/C18H21FN4/c19-15-5-3-4-14(12-15)18(7-8-18)21-13-16-6-9-20-17(22-16)23-10-1-2-11-23/h3-6,9,12,21H,1-2,7-8,10-11,13H2. The topological polar surface area (TPSA) is 41.1 Å². The minimum Gasteiger partial charge on any atom is -0.341 e. The summed E-state index contributed by atoms with van der Waals surface area (Å²) >= 11 is 0. The zero-order valence-corrected chi connectivity index (χ0v) is 13.1. The summed E-state index contributed by atoms with van der Waals surface area (Å²) in [6.07, 6.45) is 6.35. The van der Waals surface area contributed by atoms with Crippen molar-refractivity contribution in [3.63, 3.8) is 0 Å². The van der Waals surface area contributed by atoms with E-state index in [0.29, 0.717) is 6.54 Å². The Labute approximate surface area is 135 Å². The maximum absolute atomic E-state index is 13.5. The highest BCUT2D eigenvalue weighted by Crippen LogP contribution is 2.45. The zero-order valence-electron chi connectivity index (χ0n) is 13.1. The summed E-state index contributed by atoms with van der Waals surface area (Å²) in [6, 6.07) is 8.86. The van der Waals surface area contributed by atoms with Crippen LogP contribution in [0.1, 0.15) is 36.9 Å². The smallest absolute Gasteiger partial charge is 0.225 e. The fourth-order valence-electron chi connectivity index (χ4n) is 3.29. The quantitative estimate of drug-likeness (QED) is 0.921. The Hall–Kier alpha value is -2.01. The molecule has 5 heteroatoms. The molecule has 0 spiro atoms. The average Bonchev–Trinajstić information content (AvgIpc) is 3.17. The van der Waals surface area contributed by atoms with E-state index in [9.17, 15) is 4.39 Å². The van der Waals surface area contributed by atoms with Gasteiger partial charge in [0, 0.05) is 31.4 Å². The Balaban J connectivity index is 1.46. The van der Waals surface area contributed by atoms with Crippen molar-refractivity contribution in [2.45, 2.75) is 37.8 Å². The third-order valence-corrected chi connectivity index (χ3v) is 4.82. The number of hydrogen-bond acceptors (Lipinski definition) is 4. The van der Waals surface area contributed by atoms with Crippen molar-refractivity contribution in [2.75, 3.05) is 18.0 Å². The molecule has 2 fully saturated rings. The first kappa shape index (κ1) is 14.6. The van der Waals surface area contributed by atoms with Gasteiger partial charge >= 0.3 is 0 Å². The van der Waals surface area contributed by atoms with Crippen molar-refractivity contribution in [3.05, 3.63) is 53.6 Å². The van der Waals surface area contributed by atoms with Crippen molar-refractivity contribution >= 4 is 5.95 Å². The maximum atomic E-state index is 13.5. The van der Waals surface area contributed by atoms with Crippen LogP contribution < -0.4 is 10.2 Å². The highest BCUT2D eigenvalue weighted by molar-refractivity contribution is 5.33. The molecule has 23 heavy (non-hydrogen) atoms. The van der Waals surface area contributed by atoms with Gasteiger partial charge in [0.2, 0.25) is 5.95 Å². The van der Waals surface area contributed by atoms with Crippen LogP contribution in [0.2, 0.25) is 0 Å². The molecule has 4 nitrogen and oxygen atoms in total. The number of nitrogens with zero attached hydrogens (tertiary/aromatic N) is 3. The maximum Gasteiger partial charge on any atom is 0.225 e. The van der Waals surface area contributed by atoms with Crippen molar-refractivity contribution in [1.82, 2.24) is 15.3 Å². The predicted octanol–water partition coefficient (Wildman–Crippen LogP) is 2.99. The molecule has 120 valence electrons. The molecule has 1 aromatic heterocycles. The van der Waals surface area contributed by atoms with E-state index >= 15 is 0 Å². The van der Waals surface area contributed by atoms with Crippen molar-refractivity contribution in [1.29, 1.82) is 0 Å². The third kappa shape index (κ3) is 3.06. The van der Waals surface area contributed by atoms with E-state index < -0.39 is 0 Å². The van der Waals surface area contributed by atoms with E-state index in [1.807, 2.05) is 18.3 Å². The molecule has 0 radical (unpaired) electrons. The highest BCUT2D eigenvalue weighted by Gasteiger charge is 2.43. The van der Waals surface area contributed by atoms with Gasteiger partial charge in [0.25, 0.3) is 0 Å². The van der Waals surface area contributed by atoms with Crippen LogP contribution in [-0.2, 0) is 12.1 Å². The molecule has 2 heterocycles. The summed E-state index contributed by atoms with van der Waals surface area (Å²) in [6.45, 7) is 2.77. The van der Waals surface area contributed by atoms with Crippen molar-refractivity contribution < 1.29 is 4.39 Å². The fourth-order valence-corrected chi connectivity index (χ4v) is 3.29. The van der Waals surface area contributed by atoms with E-state index in [2.05, 4.69) is 20.2 Å². The Morgan fingerprint density at radius 2 is 2.00 bits per heavy atom. The minimum absolute atomic E-state index is 0.0825. The Morgan fingerprint density at radius 3 is 2.74 bits per heavy atom. The lowest BCUT2D eigenvalue weighted by Crippen LogP contribution is -2.29. The number of rotatable bonds is 5. The summed E-state index contributed by atoms with van der Waals surface area (Å²) in [5, 5.41) is 3.57. The largest absolute Gasteiger partial charge is 0.341 e. The summed E-state index contributed by atoms with van der Waals surface area (Å²) in [7, 11) is 0. The molecule has 1 saturated heterocycles. The van der Waals surface area contributed by atoms with Gasteiger partial charge in [-0.1, -0.05) is 12.1 Å². The minimum atomic E-state index is -0.172. The molecular formula is C18H21FN4. The molecule has 0 bridgehead atoms. The van der Waals surface area contributed by atoms with Gasteiger partial charge in [-0.3, -0.25) is 0 Å². The van der Waals surface area contributed by atoms with Gasteiger partial charge in [-0.15, -0.1) is 0 Å². The monoisotopic (exact) mass is 312 g/mol. The average molecular weight is 312 g/mol. The van der Waals surface area contributed by atoms with Gasteiger partial charge in [-0.2, -0.15) is 0 Å². The lowest BCUT2D eigenvalue weighted by Gasteiger charge is -2.19. The Bertz CT molecular complexity index is 693. The number of anilines is 1. The van der Waals surface area contributed by atoms with Gasteiger partial charge in [-0.05, 0) is 49.4 Å². The van der Waals surface area contributed by atoms with Crippen LogP contribution in [0.15, 0.2) is 36.5 Å². The predicted molar refractivity (Wildman–Crippen MR) is 87.6 cm³/mol. The summed E-state index contributed by atoms with van der Waals surface area (Å²) in [5.41, 5.74) is 1.94. The van der Waals surface area contributed by atoms with Gasteiger partial charge in [0.05, 0.1) is 5.69 Å². The molecule has 4 rings (SSSR count). The molecule has 2 aromatic rings. The summed E-state index contributed by atoms with van der Waals surface area (Å²) in [4.78, 5) is 11.3. The highest BCUT2D eigenvalue weighted by atomic mass is 19.1. The normalized spacial score (nSPS) is 19.1. The Morgan fingerprint density at radius 1 is 1.17 bits per heavy atom. The fraction of sp³-hybridized carbons (Fsp3) is 0.444. The van der Waals surface area contributed by atoms with E-state index in [0.717, 1.165) is 43.1 Å². The second-order valence-electron chi connectivity index (χ2n) is 6.49. The van der Waals surface area contributed by atoms with Crippen molar-refractivity contribution in [2.24, 2.45) is 0 Å². The summed E-state index contributed by atoms with van der Waals surface area (Å²) < 4.78 is 13.5. The second kappa shape index (κ2) is 5.89. The van der Waals surface area contributed by atoms with E-state index in [1.165, 1.54) is 18.9 Å². The lowest BCUT2D eigenvalue weighted by atomic mass is 10.0. The lowest BCUT2D eigenvalue weighted by molar-refractivity contribution is 0.508. The molecule has 2 aliphatic rings. The number of benzene rings is 1. The molecule has 0 atom stereocenters. The molecule has 1 aliphatic heterocycles. The van der Waals surface area contributed by atoms with Crippen molar-refractivity contribution in [3.8, 4) is 0 Å². The first-order valence-corrected chi connectivity index (χ1v) is 8.33. The SMILES string of the molecule is Fc1cccc(C2(NCc3ccnc(N4CCCC4)n3)CC2)c1. The van der Waals surface area contributed by atoms with Gasteiger partial charge in [0.1, 0.15) is 5.82 Å². The number of aromatic nitrogens is 2. The zero-order chi connectivity index (χ0) is 15.7. The molecule has 1 aliphatic carbocycles. The second-order valence-corrected chi connectivity index (χ2v) is 6.49.